The summed E-state index contributed by atoms with van der Waals surface area (Å²) in [6, 6.07) is 0. The van der Waals surface area contributed by atoms with Crippen molar-refractivity contribution in [1.82, 2.24) is 8.77 Å². The lowest BCUT2D eigenvalue weighted by Crippen LogP contribution is -2.42. The quantitative estimate of drug-likeness (QED) is 0.691. The van der Waals surface area contributed by atoms with E-state index in [1.807, 2.05) is 13.8 Å². The summed E-state index contributed by atoms with van der Waals surface area (Å²) >= 11 is 0. The fraction of sp³-hybridized carbons (Fsp3) is 1.00. The fourth-order valence-electron chi connectivity index (χ4n) is 1.58. The van der Waals surface area contributed by atoms with Crippen LogP contribution in [0.1, 0.15) is 33.1 Å². The normalized spacial score (nSPS) is 18.9. The lowest BCUT2D eigenvalue weighted by Gasteiger charge is -2.25. The van der Waals surface area contributed by atoms with Crippen LogP contribution in [0, 0.1) is 0 Å². The van der Waals surface area contributed by atoms with Crippen molar-refractivity contribution in [2.75, 3.05) is 26.2 Å². The Kier molecular flexibility index (Phi) is 4.98. The van der Waals surface area contributed by atoms with Gasteiger partial charge in [-0.2, -0.15) is 12.7 Å². The van der Waals surface area contributed by atoms with Gasteiger partial charge in [0.1, 0.15) is 0 Å². The highest BCUT2D eigenvalue weighted by molar-refractivity contribution is 7.86. The summed E-state index contributed by atoms with van der Waals surface area (Å²) in [5.41, 5.74) is 0. The van der Waals surface area contributed by atoms with Crippen molar-refractivity contribution in [2.45, 2.75) is 33.1 Å². The number of hydroxylamine groups is 1. The van der Waals surface area contributed by atoms with Gasteiger partial charge in [-0.05, 0) is 19.3 Å². The van der Waals surface area contributed by atoms with Gasteiger partial charge < -0.3 is 0 Å². The molecule has 0 saturated carbocycles. The maximum atomic E-state index is 12.0. The molecular formula is C9H20N2O3S. The van der Waals surface area contributed by atoms with Crippen molar-refractivity contribution in [1.29, 1.82) is 0 Å². The minimum absolute atomic E-state index is 0.478. The summed E-state index contributed by atoms with van der Waals surface area (Å²) in [7, 11) is -3.38. The fourth-order valence-corrected chi connectivity index (χ4v) is 3.23. The molecule has 0 aromatic rings. The van der Waals surface area contributed by atoms with Gasteiger partial charge in [0.05, 0.1) is 6.61 Å². The van der Waals surface area contributed by atoms with Crippen LogP contribution in [0.15, 0.2) is 0 Å². The Morgan fingerprint density at radius 2 is 1.87 bits per heavy atom. The van der Waals surface area contributed by atoms with E-state index in [1.165, 1.54) is 4.31 Å². The third-order valence-corrected chi connectivity index (χ3v) is 4.07. The highest BCUT2D eigenvalue weighted by Crippen LogP contribution is 2.15. The van der Waals surface area contributed by atoms with Crippen molar-refractivity contribution in [3.63, 3.8) is 0 Å². The molecular weight excluding hydrogens is 216 g/mol. The number of nitrogens with zero attached hydrogens (tertiary/aromatic N) is 2. The van der Waals surface area contributed by atoms with E-state index in [0.29, 0.717) is 26.2 Å². The maximum Gasteiger partial charge on any atom is 0.304 e. The second-order valence-electron chi connectivity index (χ2n) is 3.62. The molecule has 1 fully saturated rings. The van der Waals surface area contributed by atoms with E-state index >= 15 is 0 Å². The molecule has 15 heavy (non-hydrogen) atoms. The van der Waals surface area contributed by atoms with E-state index in [-0.39, 0.29) is 0 Å². The molecule has 0 unspecified atom stereocenters. The van der Waals surface area contributed by atoms with Crippen LogP contribution in [0.3, 0.4) is 0 Å². The summed E-state index contributed by atoms with van der Waals surface area (Å²) in [5, 5.41) is 0. The summed E-state index contributed by atoms with van der Waals surface area (Å²) < 4.78 is 26.7. The Bertz CT molecular complexity index is 267. The Balaban J connectivity index is 2.70. The molecule has 1 aliphatic rings. The molecule has 5 nitrogen and oxygen atoms in total. The first-order chi connectivity index (χ1) is 7.12. The van der Waals surface area contributed by atoms with E-state index < -0.39 is 10.2 Å². The summed E-state index contributed by atoms with van der Waals surface area (Å²) in [6.07, 6.45) is 2.44. The zero-order valence-corrected chi connectivity index (χ0v) is 10.3. The maximum absolute atomic E-state index is 12.0. The predicted molar refractivity (Wildman–Crippen MR) is 58.3 cm³/mol. The Morgan fingerprint density at radius 1 is 1.27 bits per heavy atom. The Labute approximate surface area is 92.1 Å². The van der Waals surface area contributed by atoms with Gasteiger partial charge in [-0.15, -0.1) is 0 Å². The van der Waals surface area contributed by atoms with Crippen molar-refractivity contribution < 1.29 is 13.3 Å². The van der Waals surface area contributed by atoms with E-state index in [2.05, 4.69) is 0 Å². The zero-order chi connectivity index (χ0) is 11.3. The largest absolute Gasteiger partial charge is 0.304 e. The first-order valence-corrected chi connectivity index (χ1v) is 6.93. The van der Waals surface area contributed by atoms with Crippen LogP contribution in [-0.4, -0.2) is 43.4 Å². The van der Waals surface area contributed by atoms with E-state index in [1.54, 1.807) is 0 Å². The highest BCUT2D eigenvalue weighted by atomic mass is 32.2. The molecule has 0 amide bonds. The van der Waals surface area contributed by atoms with Crippen LogP contribution < -0.4 is 0 Å². The van der Waals surface area contributed by atoms with Gasteiger partial charge in [-0.3, -0.25) is 4.84 Å². The minimum atomic E-state index is -3.38. The van der Waals surface area contributed by atoms with Crippen LogP contribution >= 0.6 is 0 Å². The molecule has 0 aliphatic carbocycles. The monoisotopic (exact) mass is 236 g/mol. The van der Waals surface area contributed by atoms with E-state index in [4.69, 9.17) is 4.84 Å². The Morgan fingerprint density at radius 3 is 2.27 bits per heavy atom. The first-order valence-electron chi connectivity index (χ1n) is 5.53. The minimum Gasteiger partial charge on any atom is -0.283 e. The van der Waals surface area contributed by atoms with Crippen molar-refractivity contribution in [3.05, 3.63) is 0 Å². The van der Waals surface area contributed by atoms with Crippen LogP contribution in [0.5, 0.6) is 0 Å². The first kappa shape index (κ1) is 12.9. The average molecular weight is 236 g/mol. The molecule has 0 bridgehead atoms. The molecule has 1 saturated heterocycles. The third-order valence-electron chi connectivity index (χ3n) is 2.25. The molecule has 0 aromatic heterocycles. The molecule has 6 heteroatoms. The second-order valence-corrected chi connectivity index (χ2v) is 5.44. The summed E-state index contributed by atoms with van der Waals surface area (Å²) in [4.78, 5) is 5.10. The molecule has 0 radical (unpaired) electrons. The smallest absolute Gasteiger partial charge is 0.283 e. The molecule has 0 spiro atoms. The molecule has 0 aromatic carbocycles. The topological polar surface area (TPSA) is 49.9 Å². The number of rotatable bonds is 6. The van der Waals surface area contributed by atoms with Gasteiger partial charge in [-0.25, -0.2) is 0 Å². The van der Waals surface area contributed by atoms with Crippen molar-refractivity contribution in [3.8, 4) is 0 Å². The van der Waals surface area contributed by atoms with Crippen LogP contribution in [0.4, 0.5) is 0 Å². The van der Waals surface area contributed by atoms with Gasteiger partial charge in [-0.1, -0.05) is 18.3 Å². The van der Waals surface area contributed by atoms with Crippen molar-refractivity contribution in [2.24, 2.45) is 0 Å². The predicted octanol–water partition coefficient (Wildman–Crippen LogP) is 0.990. The summed E-state index contributed by atoms with van der Waals surface area (Å²) in [5.74, 6) is 0. The van der Waals surface area contributed by atoms with Crippen LogP contribution in [0.2, 0.25) is 0 Å². The van der Waals surface area contributed by atoms with Crippen LogP contribution in [-0.2, 0) is 15.0 Å². The lowest BCUT2D eigenvalue weighted by atomic mass is 10.4. The molecule has 0 atom stereocenters. The van der Waals surface area contributed by atoms with Crippen LogP contribution in [0.25, 0.3) is 0 Å². The SMILES string of the molecule is CCCN(CCC)S(=O)(=O)N1CCCO1. The van der Waals surface area contributed by atoms with Gasteiger partial charge in [0.25, 0.3) is 0 Å². The van der Waals surface area contributed by atoms with Gasteiger partial charge in [0, 0.05) is 19.6 Å². The lowest BCUT2D eigenvalue weighted by molar-refractivity contribution is -0.0340. The Hall–Kier alpha value is -0.170. The average Bonchev–Trinajstić information content (AvgIpc) is 2.70. The van der Waals surface area contributed by atoms with Gasteiger partial charge in [0.2, 0.25) is 0 Å². The standard InChI is InChI=1S/C9H20N2O3S/c1-3-6-10(7-4-2)15(12,13)11-8-5-9-14-11/h3-9H2,1-2H3. The molecule has 90 valence electrons. The highest BCUT2D eigenvalue weighted by Gasteiger charge is 2.31. The van der Waals surface area contributed by atoms with E-state index in [0.717, 1.165) is 23.7 Å². The second kappa shape index (κ2) is 5.79. The number of hydrogen-bond acceptors (Lipinski definition) is 3. The molecule has 0 N–H and O–H groups in total. The van der Waals surface area contributed by atoms with Gasteiger partial charge >= 0.3 is 10.2 Å². The van der Waals surface area contributed by atoms with Gasteiger partial charge in [0.15, 0.2) is 0 Å². The molecule has 1 heterocycles. The number of hydrogen-bond donors (Lipinski definition) is 0. The molecule has 1 aliphatic heterocycles. The molecule has 1 rings (SSSR count). The zero-order valence-electron chi connectivity index (χ0n) is 9.48. The third kappa shape index (κ3) is 3.14. The summed E-state index contributed by atoms with van der Waals surface area (Å²) in [6.45, 7) is 6.07. The van der Waals surface area contributed by atoms with E-state index in [9.17, 15) is 8.42 Å². The van der Waals surface area contributed by atoms with Crippen molar-refractivity contribution >= 4 is 10.2 Å².